The summed E-state index contributed by atoms with van der Waals surface area (Å²) in [4.78, 5) is 11.2. The second-order valence-corrected chi connectivity index (χ2v) is 7.45. The molecule has 2 atom stereocenters. The van der Waals surface area contributed by atoms with E-state index in [9.17, 15) is 22.0 Å². The average Bonchev–Trinajstić information content (AvgIpc) is 2.87. The number of alkyl halides is 2. The molecule has 2 fully saturated rings. The molecule has 0 bridgehead atoms. The van der Waals surface area contributed by atoms with E-state index in [2.05, 4.69) is 4.74 Å². The molecule has 0 spiro atoms. The lowest BCUT2D eigenvalue weighted by molar-refractivity contribution is -0.167. The molecular weight excluding hydrogens is 306 g/mol. The minimum absolute atomic E-state index is 0.349. The van der Waals surface area contributed by atoms with E-state index in [1.54, 1.807) is 0 Å². The molecule has 0 amide bonds. The maximum atomic E-state index is 13.1. The standard InChI is InChI=1S/C13H20F2O5S/c14-13(15,21(17,18)19)12(16)20-11-7-6-10(8-11)9-4-2-1-3-5-9/h9-11H,1-8H2,(H,17,18,19). The molecule has 5 nitrogen and oxygen atoms in total. The van der Waals surface area contributed by atoms with Gasteiger partial charge >= 0.3 is 21.3 Å². The average molecular weight is 326 g/mol. The lowest BCUT2D eigenvalue weighted by Gasteiger charge is -2.27. The zero-order chi connectivity index (χ0) is 15.7. The number of rotatable bonds is 4. The Kier molecular flexibility index (Phi) is 4.87. The van der Waals surface area contributed by atoms with E-state index < -0.39 is 27.4 Å². The second-order valence-electron chi connectivity index (χ2n) is 5.99. The minimum Gasteiger partial charge on any atom is -0.457 e. The minimum atomic E-state index is -5.79. The fourth-order valence-corrected chi connectivity index (χ4v) is 3.70. The van der Waals surface area contributed by atoms with Gasteiger partial charge in [0, 0.05) is 0 Å². The van der Waals surface area contributed by atoms with Gasteiger partial charge in [0.1, 0.15) is 6.10 Å². The van der Waals surface area contributed by atoms with E-state index in [0.717, 1.165) is 19.3 Å². The summed E-state index contributed by atoms with van der Waals surface area (Å²) in [6, 6.07) is 0. The Morgan fingerprint density at radius 1 is 1.05 bits per heavy atom. The third-order valence-electron chi connectivity index (χ3n) is 4.58. The SMILES string of the molecule is O=C(OC1CCC(C2CCCCC2)C1)C(F)(F)S(=O)(=O)O. The number of hydrogen-bond acceptors (Lipinski definition) is 4. The number of carbonyl (C=O) groups excluding carboxylic acids is 1. The first-order valence-corrected chi connectivity index (χ1v) is 8.71. The Hall–Kier alpha value is -0.760. The van der Waals surface area contributed by atoms with Gasteiger partial charge in [0.25, 0.3) is 0 Å². The Morgan fingerprint density at radius 2 is 1.67 bits per heavy atom. The lowest BCUT2D eigenvalue weighted by Crippen LogP contribution is -2.40. The largest absolute Gasteiger partial charge is 0.465 e. The molecular formula is C13H20F2O5S. The van der Waals surface area contributed by atoms with Crippen LogP contribution in [0.3, 0.4) is 0 Å². The van der Waals surface area contributed by atoms with Gasteiger partial charge in [-0.3, -0.25) is 4.55 Å². The highest BCUT2D eigenvalue weighted by molar-refractivity contribution is 7.87. The van der Waals surface area contributed by atoms with E-state index in [1.807, 2.05) is 0 Å². The molecule has 2 aliphatic rings. The number of esters is 1. The molecule has 0 saturated heterocycles. The summed E-state index contributed by atoms with van der Waals surface area (Å²) in [7, 11) is -5.79. The first-order valence-electron chi connectivity index (χ1n) is 7.27. The number of halogens is 2. The monoisotopic (exact) mass is 326 g/mol. The summed E-state index contributed by atoms with van der Waals surface area (Å²) in [5, 5.41) is -4.89. The molecule has 0 aromatic heterocycles. The van der Waals surface area contributed by atoms with Gasteiger partial charge in [0.05, 0.1) is 0 Å². The first-order chi connectivity index (χ1) is 9.72. The molecule has 122 valence electrons. The maximum Gasteiger partial charge on any atom is 0.465 e. The zero-order valence-corrected chi connectivity index (χ0v) is 12.4. The molecule has 0 aromatic rings. The lowest BCUT2D eigenvalue weighted by atomic mass is 9.79. The van der Waals surface area contributed by atoms with Gasteiger partial charge < -0.3 is 4.74 Å². The molecule has 2 saturated carbocycles. The quantitative estimate of drug-likeness (QED) is 0.634. The van der Waals surface area contributed by atoms with Gasteiger partial charge in [-0.2, -0.15) is 17.2 Å². The number of carbonyl (C=O) groups is 1. The van der Waals surface area contributed by atoms with Crippen molar-refractivity contribution < 1.29 is 31.3 Å². The van der Waals surface area contributed by atoms with Crippen molar-refractivity contribution in [2.24, 2.45) is 11.8 Å². The van der Waals surface area contributed by atoms with Gasteiger partial charge in [0.2, 0.25) is 0 Å². The van der Waals surface area contributed by atoms with E-state index in [0.29, 0.717) is 24.7 Å². The van der Waals surface area contributed by atoms with Crippen molar-refractivity contribution in [2.45, 2.75) is 62.7 Å². The molecule has 0 radical (unpaired) electrons. The molecule has 0 heterocycles. The summed E-state index contributed by atoms with van der Waals surface area (Å²) in [6.45, 7) is 0. The summed E-state index contributed by atoms with van der Waals surface area (Å²) in [5.74, 6) is -1.29. The maximum absolute atomic E-state index is 13.1. The van der Waals surface area contributed by atoms with Crippen LogP contribution in [0.5, 0.6) is 0 Å². The summed E-state index contributed by atoms with van der Waals surface area (Å²) in [6.07, 6.45) is 6.89. The molecule has 8 heteroatoms. The van der Waals surface area contributed by atoms with Crippen LogP contribution in [-0.4, -0.2) is 30.3 Å². The predicted molar refractivity (Wildman–Crippen MR) is 70.3 cm³/mol. The highest BCUT2D eigenvalue weighted by atomic mass is 32.2. The first kappa shape index (κ1) is 16.6. The molecule has 1 N–H and O–H groups in total. The van der Waals surface area contributed by atoms with Gasteiger partial charge in [-0.05, 0) is 31.1 Å². The van der Waals surface area contributed by atoms with Crippen molar-refractivity contribution in [3.05, 3.63) is 0 Å². The van der Waals surface area contributed by atoms with Crippen molar-refractivity contribution in [2.75, 3.05) is 0 Å². The fourth-order valence-electron chi connectivity index (χ4n) is 3.44. The molecule has 0 aromatic carbocycles. The van der Waals surface area contributed by atoms with Crippen molar-refractivity contribution in [1.82, 2.24) is 0 Å². The van der Waals surface area contributed by atoms with Crippen LogP contribution in [0.4, 0.5) is 8.78 Å². The highest BCUT2D eigenvalue weighted by Gasteiger charge is 2.55. The Balaban J connectivity index is 1.89. The summed E-state index contributed by atoms with van der Waals surface area (Å²) in [5.41, 5.74) is 0. The smallest absolute Gasteiger partial charge is 0.457 e. The fraction of sp³-hybridized carbons (Fsp3) is 0.923. The van der Waals surface area contributed by atoms with Crippen LogP contribution in [0.2, 0.25) is 0 Å². The third-order valence-corrected chi connectivity index (χ3v) is 5.39. The van der Waals surface area contributed by atoms with Crippen LogP contribution < -0.4 is 0 Å². The van der Waals surface area contributed by atoms with Crippen molar-refractivity contribution >= 4 is 16.1 Å². The van der Waals surface area contributed by atoms with E-state index >= 15 is 0 Å². The molecule has 0 aliphatic heterocycles. The normalized spacial score (nSPS) is 28.5. The van der Waals surface area contributed by atoms with Crippen LogP contribution >= 0.6 is 0 Å². The van der Waals surface area contributed by atoms with E-state index in [1.165, 1.54) is 19.3 Å². The van der Waals surface area contributed by atoms with Crippen LogP contribution in [0.1, 0.15) is 51.4 Å². The van der Waals surface area contributed by atoms with Gasteiger partial charge in [-0.1, -0.05) is 32.1 Å². The zero-order valence-electron chi connectivity index (χ0n) is 11.6. The van der Waals surface area contributed by atoms with Gasteiger partial charge in [-0.15, -0.1) is 0 Å². The Morgan fingerprint density at radius 3 is 2.24 bits per heavy atom. The number of ether oxygens (including phenoxy) is 1. The molecule has 2 unspecified atom stereocenters. The van der Waals surface area contributed by atoms with Crippen LogP contribution in [0.15, 0.2) is 0 Å². The number of hydrogen-bond donors (Lipinski definition) is 1. The van der Waals surface area contributed by atoms with Gasteiger partial charge in [-0.25, -0.2) is 4.79 Å². The Labute approximate surface area is 122 Å². The van der Waals surface area contributed by atoms with Crippen LogP contribution in [0, 0.1) is 11.8 Å². The van der Waals surface area contributed by atoms with E-state index in [-0.39, 0.29) is 0 Å². The predicted octanol–water partition coefficient (Wildman–Crippen LogP) is 2.76. The van der Waals surface area contributed by atoms with Crippen molar-refractivity contribution in [1.29, 1.82) is 0 Å². The summed E-state index contributed by atoms with van der Waals surface area (Å²) < 4.78 is 60.2. The van der Waals surface area contributed by atoms with Crippen LogP contribution in [-0.2, 0) is 19.6 Å². The topological polar surface area (TPSA) is 80.7 Å². The second kappa shape index (κ2) is 6.16. The van der Waals surface area contributed by atoms with Crippen LogP contribution in [0.25, 0.3) is 0 Å². The molecule has 2 rings (SSSR count). The molecule has 21 heavy (non-hydrogen) atoms. The van der Waals surface area contributed by atoms with Crippen molar-refractivity contribution in [3.8, 4) is 0 Å². The van der Waals surface area contributed by atoms with E-state index in [4.69, 9.17) is 4.55 Å². The third kappa shape index (κ3) is 3.71. The Bertz CT molecular complexity index is 485. The van der Waals surface area contributed by atoms with Gasteiger partial charge in [0.15, 0.2) is 0 Å². The summed E-state index contributed by atoms with van der Waals surface area (Å²) >= 11 is 0. The van der Waals surface area contributed by atoms with Crippen molar-refractivity contribution in [3.63, 3.8) is 0 Å². The highest BCUT2D eigenvalue weighted by Crippen LogP contribution is 2.40. The molecule has 2 aliphatic carbocycles.